The number of fused-ring (bicyclic) bond motifs is 2. The third-order valence-corrected chi connectivity index (χ3v) is 5.69. The Morgan fingerprint density at radius 1 is 0.939 bits per heavy atom. The monoisotopic (exact) mass is 447 g/mol. The van der Waals surface area contributed by atoms with Crippen molar-refractivity contribution in [2.45, 2.75) is 39.7 Å². The summed E-state index contributed by atoms with van der Waals surface area (Å²) in [6, 6.07) is 13.8. The van der Waals surface area contributed by atoms with Crippen LogP contribution in [0.4, 0.5) is 5.69 Å². The van der Waals surface area contributed by atoms with E-state index in [0.717, 1.165) is 11.3 Å². The molecule has 0 aliphatic carbocycles. The molecule has 0 saturated carbocycles. The number of hydrogen-bond acceptors (Lipinski definition) is 5. The highest BCUT2D eigenvalue weighted by Crippen LogP contribution is 2.46. The van der Waals surface area contributed by atoms with E-state index in [2.05, 4.69) is 0 Å². The van der Waals surface area contributed by atoms with Crippen molar-refractivity contribution in [3.63, 3.8) is 0 Å². The predicted molar refractivity (Wildman–Crippen MR) is 124 cm³/mol. The number of benzene rings is 3. The van der Waals surface area contributed by atoms with Crippen molar-refractivity contribution >= 4 is 34.2 Å². The number of imide groups is 1. The highest BCUT2D eigenvalue weighted by Gasteiger charge is 2.43. The minimum absolute atomic E-state index is 0.144. The van der Waals surface area contributed by atoms with E-state index in [1.165, 1.54) is 0 Å². The molecule has 0 radical (unpaired) electrons. The van der Waals surface area contributed by atoms with Crippen LogP contribution in [-0.2, 0) is 11.2 Å². The Hall–Kier alpha value is -3.87. The lowest BCUT2D eigenvalue weighted by molar-refractivity contribution is -0.136. The highest BCUT2D eigenvalue weighted by atomic mass is 16.5. The number of amides is 2. The Bertz CT molecular complexity index is 1250. The number of carbonyl (C=O) groups is 3. The van der Waals surface area contributed by atoms with E-state index in [4.69, 9.17) is 14.6 Å². The van der Waals surface area contributed by atoms with Crippen LogP contribution in [0.3, 0.4) is 0 Å². The van der Waals surface area contributed by atoms with Crippen LogP contribution in [0.2, 0.25) is 0 Å². The Balaban J connectivity index is 1.91. The van der Waals surface area contributed by atoms with Gasteiger partial charge in [0.1, 0.15) is 11.5 Å². The van der Waals surface area contributed by atoms with Crippen molar-refractivity contribution in [3.05, 3.63) is 65.2 Å². The van der Waals surface area contributed by atoms with Crippen LogP contribution in [-0.4, -0.2) is 35.6 Å². The van der Waals surface area contributed by atoms with Crippen LogP contribution in [0.15, 0.2) is 48.5 Å². The average Bonchev–Trinajstić information content (AvgIpc) is 3.06. The van der Waals surface area contributed by atoms with Gasteiger partial charge in [-0.3, -0.25) is 14.4 Å². The fourth-order valence-electron chi connectivity index (χ4n) is 3.97. The molecule has 170 valence electrons. The summed E-state index contributed by atoms with van der Waals surface area (Å²) in [5.74, 6) is -1.21. The second-order valence-corrected chi connectivity index (χ2v) is 7.91. The van der Waals surface area contributed by atoms with E-state index in [0.29, 0.717) is 40.1 Å². The van der Waals surface area contributed by atoms with E-state index in [1.807, 2.05) is 45.0 Å². The second-order valence-electron chi connectivity index (χ2n) is 7.91. The van der Waals surface area contributed by atoms with E-state index >= 15 is 0 Å². The first-order valence-corrected chi connectivity index (χ1v) is 10.9. The fourth-order valence-corrected chi connectivity index (χ4v) is 3.97. The Morgan fingerprint density at radius 3 is 2.06 bits per heavy atom. The standard InChI is InChI=1S/C26H25NO6/c1-4-15(3)33-24-19-9-7-6-8-18(19)23(32-5-2)21-22(24)26(31)27(25(21)30)17-12-10-16(11-13-17)14-20(28)29/h6-13,15H,4-5,14H2,1-3H3,(H,28,29). The number of carbonyl (C=O) groups excluding carboxylic acids is 2. The minimum Gasteiger partial charge on any atom is -0.492 e. The number of aliphatic carboxylic acids is 1. The number of rotatable bonds is 8. The lowest BCUT2D eigenvalue weighted by Crippen LogP contribution is -2.29. The summed E-state index contributed by atoms with van der Waals surface area (Å²) in [6.07, 6.45) is 0.422. The first-order valence-electron chi connectivity index (χ1n) is 10.9. The smallest absolute Gasteiger partial charge is 0.307 e. The number of ether oxygens (including phenoxy) is 2. The lowest BCUT2D eigenvalue weighted by atomic mass is 9.98. The molecule has 33 heavy (non-hydrogen) atoms. The van der Waals surface area contributed by atoms with Crippen molar-refractivity contribution in [2.24, 2.45) is 0 Å². The summed E-state index contributed by atoms with van der Waals surface area (Å²) in [6.45, 7) is 6.05. The normalized spacial score (nSPS) is 13.8. The SMILES string of the molecule is CCOc1c2c(c(OC(C)CC)c3ccccc13)C(=O)N(c1ccc(CC(=O)O)cc1)C2=O. The van der Waals surface area contributed by atoms with Gasteiger partial charge in [-0.05, 0) is 38.0 Å². The molecule has 3 aromatic carbocycles. The van der Waals surface area contributed by atoms with E-state index in [1.54, 1.807) is 24.3 Å². The van der Waals surface area contributed by atoms with Crippen molar-refractivity contribution in [1.82, 2.24) is 0 Å². The third-order valence-electron chi connectivity index (χ3n) is 5.69. The van der Waals surface area contributed by atoms with Crippen LogP contribution >= 0.6 is 0 Å². The first kappa shape index (κ1) is 22.3. The van der Waals surface area contributed by atoms with Gasteiger partial charge in [0, 0.05) is 10.8 Å². The topological polar surface area (TPSA) is 93.1 Å². The zero-order valence-corrected chi connectivity index (χ0v) is 18.8. The molecular formula is C26H25NO6. The molecule has 4 rings (SSSR count). The maximum absolute atomic E-state index is 13.6. The molecule has 2 amide bonds. The van der Waals surface area contributed by atoms with Crippen molar-refractivity contribution in [3.8, 4) is 11.5 Å². The van der Waals surface area contributed by atoms with Gasteiger partial charge in [0.05, 0.1) is 35.9 Å². The number of nitrogens with zero attached hydrogens (tertiary/aromatic N) is 1. The largest absolute Gasteiger partial charge is 0.492 e. The second kappa shape index (κ2) is 8.94. The van der Waals surface area contributed by atoms with Crippen molar-refractivity contribution in [2.75, 3.05) is 11.5 Å². The molecule has 0 fully saturated rings. The van der Waals surface area contributed by atoms with Gasteiger partial charge >= 0.3 is 5.97 Å². The fraction of sp³-hybridized carbons (Fsp3) is 0.269. The Labute approximate surface area is 191 Å². The lowest BCUT2D eigenvalue weighted by Gasteiger charge is -2.19. The molecule has 0 bridgehead atoms. The minimum atomic E-state index is -0.955. The summed E-state index contributed by atoms with van der Waals surface area (Å²) < 4.78 is 12.1. The van der Waals surface area contributed by atoms with Crippen molar-refractivity contribution < 1.29 is 29.0 Å². The van der Waals surface area contributed by atoms with Gasteiger partial charge in [-0.15, -0.1) is 0 Å². The molecule has 1 N–H and O–H groups in total. The Kier molecular flexibility index (Phi) is 6.05. The molecule has 1 aliphatic rings. The predicted octanol–water partition coefficient (Wildman–Crippen LogP) is 4.84. The molecule has 7 nitrogen and oxygen atoms in total. The molecule has 0 aromatic heterocycles. The zero-order chi connectivity index (χ0) is 23.7. The summed E-state index contributed by atoms with van der Waals surface area (Å²) in [7, 11) is 0. The Morgan fingerprint density at radius 2 is 1.52 bits per heavy atom. The molecule has 1 heterocycles. The molecule has 0 saturated heterocycles. The molecule has 1 unspecified atom stereocenters. The van der Waals surface area contributed by atoms with Gasteiger partial charge in [0.25, 0.3) is 11.8 Å². The van der Waals surface area contributed by atoms with Crippen LogP contribution < -0.4 is 14.4 Å². The van der Waals surface area contributed by atoms with Gasteiger partial charge in [0.15, 0.2) is 0 Å². The quantitative estimate of drug-likeness (QED) is 0.497. The van der Waals surface area contributed by atoms with Gasteiger partial charge in [0.2, 0.25) is 0 Å². The zero-order valence-electron chi connectivity index (χ0n) is 18.8. The maximum atomic E-state index is 13.6. The van der Waals surface area contributed by atoms with E-state index < -0.39 is 17.8 Å². The number of anilines is 1. The highest BCUT2D eigenvalue weighted by molar-refractivity contribution is 6.38. The summed E-state index contributed by atoms with van der Waals surface area (Å²) in [5.41, 5.74) is 1.31. The van der Waals surface area contributed by atoms with E-state index in [9.17, 15) is 14.4 Å². The van der Waals surface area contributed by atoms with Crippen LogP contribution in [0.5, 0.6) is 11.5 Å². The van der Waals surface area contributed by atoms with Gasteiger partial charge < -0.3 is 14.6 Å². The average molecular weight is 447 g/mol. The van der Waals surface area contributed by atoms with Crippen molar-refractivity contribution in [1.29, 1.82) is 0 Å². The molecule has 1 atom stereocenters. The maximum Gasteiger partial charge on any atom is 0.307 e. The molecular weight excluding hydrogens is 422 g/mol. The third kappa shape index (κ3) is 3.91. The number of carboxylic acids is 1. The summed E-state index contributed by atoms with van der Waals surface area (Å²) in [5, 5.41) is 10.4. The molecule has 7 heteroatoms. The van der Waals surface area contributed by atoms with Crippen LogP contribution in [0, 0.1) is 0 Å². The molecule has 1 aliphatic heterocycles. The summed E-state index contributed by atoms with van der Waals surface area (Å²) in [4.78, 5) is 39.3. The summed E-state index contributed by atoms with van der Waals surface area (Å²) >= 11 is 0. The molecule has 3 aromatic rings. The number of carboxylic acid groups (broad SMARTS) is 1. The van der Waals surface area contributed by atoms with Crippen LogP contribution in [0.1, 0.15) is 53.5 Å². The van der Waals surface area contributed by atoms with E-state index in [-0.39, 0.29) is 23.7 Å². The van der Waals surface area contributed by atoms with Crippen LogP contribution in [0.25, 0.3) is 10.8 Å². The number of hydrogen-bond donors (Lipinski definition) is 1. The van der Waals surface area contributed by atoms with Gasteiger partial charge in [-0.1, -0.05) is 43.3 Å². The molecule has 0 spiro atoms. The first-order chi connectivity index (χ1) is 15.9. The van der Waals surface area contributed by atoms with Gasteiger partial charge in [-0.2, -0.15) is 0 Å². The van der Waals surface area contributed by atoms with Gasteiger partial charge in [-0.25, -0.2) is 4.90 Å².